The molecule has 0 aliphatic carbocycles. The second-order valence-electron chi connectivity index (χ2n) is 5.30. The van der Waals surface area contributed by atoms with E-state index in [0.717, 1.165) is 6.42 Å². The van der Waals surface area contributed by atoms with Crippen LogP contribution in [0.2, 0.25) is 0 Å². The smallest absolute Gasteiger partial charge is 0.236 e. The molecule has 0 aromatic rings. The van der Waals surface area contributed by atoms with Gasteiger partial charge in [0.15, 0.2) is 0 Å². The summed E-state index contributed by atoms with van der Waals surface area (Å²) in [6.45, 7) is 2.20. The van der Waals surface area contributed by atoms with Crippen molar-refractivity contribution in [2.45, 2.75) is 51.9 Å². The predicted molar refractivity (Wildman–Crippen MR) is 77.4 cm³/mol. The highest BCUT2D eigenvalue weighted by atomic mass is 16.2. The van der Waals surface area contributed by atoms with Gasteiger partial charge >= 0.3 is 0 Å². The van der Waals surface area contributed by atoms with Gasteiger partial charge in [0, 0.05) is 43.6 Å². The number of carbonyl (C=O) groups is 4. The summed E-state index contributed by atoms with van der Waals surface area (Å²) in [5.41, 5.74) is 8.27. The molecule has 8 nitrogen and oxygen atoms in total. The fourth-order valence-corrected chi connectivity index (χ4v) is 2.32. The maximum Gasteiger partial charge on any atom is 0.236 e. The summed E-state index contributed by atoms with van der Waals surface area (Å²) in [7, 11) is 0. The Kier molecular flexibility index (Phi) is 7.25. The summed E-state index contributed by atoms with van der Waals surface area (Å²) in [5, 5.41) is 3.47. The molecule has 1 fully saturated rings. The Morgan fingerprint density at radius 2 is 1.91 bits per heavy atom. The second kappa shape index (κ2) is 8.94. The topological polar surface area (TPSA) is 120 Å². The quantitative estimate of drug-likeness (QED) is 0.280. The molecule has 0 saturated carbocycles. The van der Waals surface area contributed by atoms with Gasteiger partial charge in [-0.3, -0.25) is 19.2 Å². The van der Waals surface area contributed by atoms with Crippen LogP contribution in [0.5, 0.6) is 0 Å². The van der Waals surface area contributed by atoms with Gasteiger partial charge in [0.25, 0.3) is 0 Å². The normalized spacial score (nSPS) is 15.6. The number of amides is 3. The summed E-state index contributed by atoms with van der Waals surface area (Å²) < 4.78 is 0. The predicted octanol–water partition coefficient (Wildman–Crippen LogP) is 2.13. The number of likely N-dealkylation sites (tertiary alicyclic amines) is 1. The molecule has 1 aliphatic heterocycles. The number of hydrogen-bond donors (Lipinski definition) is 0. The minimum absolute atomic E-state index is 0.00753. The van der Waals surface area contributed by atoms with Gasteiger partial charge in [-0.2, -0.15) is 0 Å². The first-order valence-electron chi connectivity index (χ1n) is 7.40. The van der Waals surface area contributed by atoms with Gasteiger partial charge in [-0.25, -0.2) is 4.90 Å². The summed E-state index contributed by atoms with van der Waals surface area (Å²) in [6, 6.07) is 0. The molecule has 3 amide bonds. The van der Waals surface area contributed by atoms with Gasteiger partial charge in [-0.05, 0) is 17.9 Å². The molecule has 1 aliphatic rings. The Morgan fingerprint density at radius 3 is 2.45 bits per heavy atom. The van der Waals surface area contributed by atoms with E-state index < -0.39 is 17.7 Å². The molecular formula is C14H20N4O4. The molecule has 0 spiro atoms. The largest absolute Gasteiger partial charge is 0.300 e. The van der Waals surface area contributed by atoms with E-state index in [1.165, 1.54) is 0 Å². The molecule has 8 heteroatoms. The van der Waals surface area contributed by atoms with Gasteiger partial charge in [-0.15, -0.1) is 0 Å². The number of imide groups is 3. The van der Waals surface area contributed by atoms with E-state index in [0.29, 0.717) is 17.7 Å². The number of hydrogen-bond acceptors (Lipinski definition) is 5. The zero-order chi connectivity index (χ0) is 16.5. The van der Waals surface area contributed by atoms with Gasteiger partial charge in [0.1, 0.15) is 5.78 Å². The first kappa shape index (κ1) is 17.8. The third-order valence-electron chi connectivity index (χ3n) is 3.64. The van der Waals surface area contributed by atoms with Gasteiger partial charge in [0.05, 0.1) is 0 Å². The van der Waals surface area contributed by atoms with Gasteiger partial charge in [-0.1, -0.05) is 18.5 Å². The summed E-state index contributed by atoms with van der Waals surface area (Å²) >= 11 is 0. The van der Waals surface area contributed by atoms with Gasteiger partial charge < -0.3 is 0 Å². The summed E-state index contributed by atoms with van der Waals surface area (Å²) in [6.07, 6.45) is 1.76. The first-order valence-corrected chi connectivity index (χ1v) is 7.40. The molecule has 1 rings (SSSR count). The van der Waals surface area contributed by atoms with Crippen LogP contribution in [0.4, 0.5) is 0 Å². The van der Waals surface area contributed by atoms with E-state index in [-0.39, 0.29) is 43.9 Å². The standard InChI is InChI=1S/C14H20N4O4/c1-2-10(9-16-17-15)8-11(19)4-3-5-12(20)18-13(21)6-7-14(18)22/h10H,2-9H2,1H3. The molecule has 1 heterocycles. The fourth-order valence-electron chi connectivity index (χ4n) is 2.32. The number of nitrogens with zero attached hydrogens (tertiary/aromatic N) is 4. The number of azide groups is 1. The molecule has 1 atom stereocenters. The zero-order valence-corrected chi connectivity index (χ0v) is 12.7. The van der Waals surface area contributed by atoms with Crippen molar-refractivity contribution in [2.75, 3.05) is 6.54 Å². The second-order valence-corrected chi connectivity index (χ2v) is 5.30. The van der Waals surface area contributed by atoms with Crippen molar-refractivity contribution in [3.63, 3.8) is 0 Å². The lowest BCUT2D eigenvalue weighted by atomic mass is 9.97. The molecule has 120 valence electrons. The van der Waals surface area contributed by atoms with Crippen LogP contribution in [-0.4, -0.2) is 34.9 Å². The minimum atomic E-state index is -0.526. The van der Waals surface area contributed by atoms with Gasteiger partial charge in [0.2, 0.25) is 17.7 Å². The molecular weight excluding hydrogens is 288 g/mol. The van der Waals surface area contributed by atoms with Crippen molar-refractivity contribution in [1.82, 2.24) is 4.90 Å². The molecule has 0 radical (unpaired) electrons. The number of ketones is 1. The van der Waals surface area contributed by atoms with E-state index >= 15 is 0 Å². The maximum atomic E-state index is 11.8. The third-order valence-corrected chi connectivity index (χ3v) is 3.64. The van der Waals surface area contributed by atoms with E-state index in [2.05, 4.69) is 10.0 Å². The highest BCUT2D eigenvalue weighted by Gasteiger charge is 2.33. The van der Waals surface area contributed by atoms with Crippen molar-refractivity contribution in [2.24, 2.45) is 11.0 Å². The van der Waals surface area contributed by atoms with Crippen LogP contribution in [-0.2, 0) is 19.2 Å². The molecule has 0 aromatic heterocycles. The van der Waals surface area contributed by atoms with Crippen LogP contribution in [0.25, 0.3) is 10.4 Å². The molecule has 22 heavy (non-hydrogen) atoms. The fraction of sp³-hybridized carbons (Fsp3) is 0.714. The van der Waals surface area contributed by atoms with Crippen molar-refractivity contribution in [1.29, 1.82) is 0 Å². The summed E-state index contributed by atoms with van der Waals surface area (Å²) in [5.74, 6) is -1.43. The van der Waals surface area contributed by atoms with E-state index in [1.54, 1.807) is 0 Å². The van der Waals surface area contributed by atoms with Crippen LogP contribution in [0.1, 0.15) is 51.9 Å². The Labute approximate surface area is 128 Å². The number of Topliss-reactive ketones (excluding diaryl/α,β-unsaturated/α-hetero) is 1. The molecule has 1 unspecified atom stereocenters. The van der Waals surface area contributed by atoms with E-state index in [4.69, 9.17) is 5.53 Å². The van der Waals surface area contributed by atoms with Crippen molar-refractivity contribution in [3.05, 3.63) is 10.4 Å². The summed E-state index contributed by atoms with van der Waals surface area (Å²) in [4.78, 5) is 49.7. The molecule has 0 N–H and O–H groups in total. The Balaban J connectivity index is 2.32. The highest BCUT2D eigenvalue weighted by molar-refractivity contribution is 6.15. The van der Waals surface area contributed by atoms with Crippen molar-refractivity contribution < 1.29 is 19.2 Å². The third kappa shape index (κ3) is 5.29. The van der Waals surface area contributed by atoms with Crippen molar-refractivity contribution >= 4 is 23.5 Å². The van der Waals surface area contributed by atoms with E-state index in [9.17, 15) is 19.2 Å². The van der Waals surface area contributed by atoms with Crippen LogP contribution in [0.15, 0.2) is 5.11 Å². The Hall–Kier alpha value is -2.21. The van der Waals surface area contributed by atoms with Crippen LogP contribution >= 0.6 is 0 Å². The Morgan fingerprint density at radius 1 is 1.27 bits per heavy atom. The van der Waals surface area contributed by atoms with Crippen LogP contribution in [0.3, 0.4) is 0 Å². The maximum absolute atomic E-state index is 11.8. The first-order chi connectivity index (χ1) is 10.5. The zero-order valence-electron chi connectivity index (χ0n) is 12.7. The monoisotopic (exact) mass is 308 g/mol. The Bertz CT molecular complexity index is 495. The SMILES string of the molecule is CCC(CN=[N+]=[N-])CC(=O)CCCC(=O)N1C(=O)CCC1=O. The number of rotatable bonds is 9. The molecule has 0 aromatic carbocycles. The number of carbonyl (C=O) groups excluding carboxylic acids is 4. The molecule has 1 saturated heterocycles. The van der Waals surface area contributed by atoms with E-state index in [1.807, 2.05) is 6.92 Å². The molecule has 0 bridgehead atoms. The lowest BCUT2D eigenvalue weighted by Gasteiger charge is -2.12. The van der Waals surface area contributed by atoms with Crippen LogP contribution in [0, 0.1) is 5.92 Å². The lowest BCUT2D eigenvalue weighted by molar-refractivity contribution is -0.149. The minimum Gasteiger partial charge on any atom is -0.300 e. The van der Waals surface area contributed by atoms with Crippen molar-refractivity contribution in [3.8, 4) is 0 Å². The average Bonchev–Trinajstić information content (AvgIpc) is 2.82. The van der Waals surface area contributed by atoms with Crippen LogP contribution < -0.4 is 0 Å². The lowest BCUT2D eigenvalue weighted by Crippen LogP contribution is -2.35. The highest BCUT2D eigenvalue weighted by Crippen LogP contribution is 2.16. The average molecular weight is 308 g/mol.